The lowest BCUT2D eigenvalue weighted by atomic mass is 10.2. The average Bonchev–Trinajstić information content (AvgIpc) is 2.31. The predicted molar refractivity (Wildman–Crippen MR) is 56.6 cm³/mol. The van der Waals surface area contributed by atoms with Crippen LogP contribution in [0.5, 0.6) is 0 Å². The van der Waals surface area contributed by atoms with Crippen LogP contribution in [0.25, 0.3) is 0 Å². The fraction of sp³-hybridized carbons (Fsp3) is 0.500. The third-order valence-corrected chi connectivity index (χ3v) is 1.71. The highest BCUT2D eigenvalue weighted by atomic mass is 127. The van der Waals surface area contributed by atoms with Crippen molar-refractivity contribution in [1.29, 1.82) is 0 Å². The Morgan fingerprint density at radius 1 is 1.62 bits per heavy atom. The Balaban J connectivity index is 2.70. The SMILES string of the molecule is CC(C)(C)OC(=O)n1cnc(I)c1. The molecule has 0 saturated heterocycles. The maximum Gasteiger partial charge on any atom is 0.419 e. The second-order valence-corrected chi connectivity index (χ2v) is 4.69. The monoisotopic (exact) mass is 294 g/mol. The van der Waals surface area contributed by atoms with Crippen molar-refractivity contribution in [3.05, 3.63) is 16.2 Å². The van der Waals surface area contributed by atoms with Crippen molar-refractivity contribution in [2.45, 2.75) is 26.4 Å². The van der Waals surface area contributed by atoms with E-state index in [0.717, 1.165) is 3.70 Å². The summed E-state index contributed by atoms with van der Waals surface area (Å²) in [5, 5.41) is 0. The van der Waals surface area contributed by atoms with Crippen LogP contribution in [-0.2, 0) is 4.74 Å². The molecule has 0 N–H and O–H groups in total. The second-order valence-electron chi connectivity index (χ2n) is 3.58. The minimum absolute atomic E-state index is 0.400. The zero-order valence-electron chi connectivity index (χ0n) is 7.74. The highest BCUT2D eigenvalue weighted by molar-refractivity contribution is 14.1. The fourth-order valence-corrected chi connectivity index (χ4v) is 1.14. The van der Waals surface area contributed by atoms with Gasteiger partial charge in [0, 0.05) is 6.20 Å². The van der Waals surface area contributed by atoms with Crippen LogP contribution in [0.3, 0.4) is 0 Å². The molecule has 0 radical (unpaired) electrons. The van der Waals surface area contributed by atoms with E-state index >= 15 is 0 Å². The van der Waals surface area contributed by atoms with Gasteiger partial charge in [0.05, 0.1) is 0 Å². The molecule has 1 aromatic rings. The van der Waals surface area contributed by atoms with Gasteiger partial charge in [-0.2, -0.15) is 0 Å². The Morgan fingerprint density at radius 3 is 2.62 bits per heavy atom. The number of hydrogen-bond donors (Lipinski definition) is 0. The van der Waals surface area contributed by atoms with Crippen molar-refractivity contribution >= 4 is 28.7 Å². The molecule has 0 aliphatic carbocycles. The van der Waals surface area contributed by atoms with Crippen LogP contribution in [0, 0.1) is 3.70 Å². The molecule has 1 aromatic heterocycles. The number of carbonyl (C=O) groups excluding carboxylic acids is 1. The van der Waals surface area contributed by atoms with E-state index in [1.807, 2.05) is 43.4 Å². The number of hydrogen-bond acceptors (Lipinski definition) is 3. The van der Waals surface area contributed by atoms with E-state index in [1.54, 1.807) is 6.20 Å². The first-order chi connectivity index (χ1) is 5.88. The van der Waals surface area contributed by atoms with Crippen LogP contribution >= 0.6 is 22.6 Å². The summed E-state index contributed by atoms with van der Waals surface area (Å²) in [4.78, 5) is 15.3. The second kappa shape index (κ2) is 3.65. The summed E-state index contributed by atoms with van der Waals surface area (Å²) < 4.78 is 7.21. The zero-order valence-corrected chi connectivity index (χ0v) is 9.90. The summed E-state index contributed by atoms with van der Waals surface area (Å²) in [5.41, 5.74) is -0.465. The van der Waals surface area contributed by atoms with E-state index < -0.39 is 11.7 Å². The molecule has 0 amide bonds. The number of aromatic nitrogens is 2. The molecule has 72 valence electrons. The molecule has 13 heavy (non-hydrogen) atoms. The fourth-order valence-electron chi connectivity index (χ4n) is 0.713. The van der Waals surface area contributed by atoms with E-state index in [-0.39, 0.29) is 0 Å². The van der Waals surface area contributed by atoms with Crippen LogP contribution in [-0.4, -0.2) is 21.2 Å². The van der Waals surface area contributed by atoms with Gasteiger partial charge in [0.25, 0.3) is 0 Å². The molecule has 1 heterocycles. The Bertz CT molecular complexity index is 314. The summed E-state index contributed by atoms with van der Waals surface area (Å²) in [6, 6.07) is 0. The maximum absolute atomic E-state index is 11.4. The topological polar surface area (TPSA) is 44.1 Å². The Hall–Kier alpha value is -0.590. The minimum Gasteiger partial charge on any atom is -0.443 e. The molecular formula is C8H11IN2O2. The summed E-state index contributed by atoms with van der Waals surface area (Å²) in [6.07, 6.45) is 2.66. The van der Waals surface area contributed by atoms with Gasteiger partial charge in [0.15, 0.2) is 0 Å². The molecule has 1 rings (SSSR count). The van der Waals surface area contributed by atoms with Gasteiger partial charge in [-0.1, -0.05) is 0 Å². The molecule has 0 bridgehead atoms. The van der Waals surface area contributed by atoms with Crippen molar-refractivity contribution in [2.75, 3.05) is 0 Å². The highest BCUT2D eigenvalue weighted by Gasteiger charge is 2.17. The van der Waals surface area contributed by atoms with Gasteiger partial charge >= 0.3 is 6.09 Å². The number of ether oxygens (including phenoxy) is 1. The average molecular weight is 294 g/mol. The summed E-state index contributed by atoms with van der Waals surface area (Å²) >= 11 is 2.03. The largest absolute Gasteiger partial charge is 0.443 e. The van der Waals surface area contributed by atoms with E-state index in [2.05, 4.69) is 4.98 Å². The standard InChI is InChI=1S/C8H11IN2O2/c1-8(2,3)13-7(12)11-4-6(9)10-5-11/h4-5H,1-3H3. The third-order valence-electron chi connectivity index (χ3n) is 1.16. The van der Waals surface area contributed by atoms with Crippen molar-refractivity contribution in [2.24, 2.45) is 0 Å². The van der Waals surface area contributed by atoms with Crippen molar-refractivity contribution in [3.8, 4) is 0 Å². The number of halogens is 1. The van der Waals surface area contributed by atoms with E-state index in [9.17, 15) is 4.79 Å². The first kappa shape index (κ1) is 10.5. The van der Waals surface area contributed by atoms with E-state index in [0.29, 0.717) is 0 Å². The summed E-state index contributed by atoms with van der Waals surface area (Å²) in [5.74, 6) is 0. The number of carbonyl (C=O) groups is 1. The third kappa shape index (κ3) is 3.33. The van der Waals surface area contributed by atoms with Gasteiger partial charge in [-0.05, 0) is 43.4 Å². The van der Waals surface area contributed by atoms with Crippen LogP contribution in [0.4, 0.5) is 4.79 Å². The van der Waals surface area contributed by atoms with Crippen molar-refractivity contribution < 1.29 is 9.53 Å². The first-order valence-corrected chi connectivity index (χ1v) is 4.89. The van der Waals surface area contributed by atoms with E-state index in [1.165, 1.54) is 10.9 Å². The van der Waals surface area contributed by atoms with Gasteiger partial charge in [-0.3, -0.25) is 0 Å². The van der Waals surface area contributed by atoms with Crippen LogP contribution in [0.2, 0.25) is 0 Å². The van der Waals surface area contributed by atoms with Gasteiger partial charge in [0.2, 0.25) is 0 Å². The normalized spacial score (nSPS) is 11.4. The van der Waals surface area contributed by atoms with Crippen LogP contribution in [0.15, 0.2) is 12.5 Å². The number of imidazole rings is 1. The van der Waals surface area contributed by atoms with E-state index in [4.69, 9.17) is 4.74 Å². The molecule has 0 aliphatic heterocycles. The molecule has 5 heteroatoms. The quantitative estimate of drug-likeness (QED) is 0.689. The van der Waals surface area contributed by atoms with Gasteiger partial charge in [-0.15, -0.1) is 0 Å². The van der Waals surface area contributed by atoms with Crippen molar-refractivity contribution in [1.82, 2.24) is 9.55 Å². The summed E-state index contributed by atoms with van der Waals surface area (Å²) in [6.45, 7) is 5.48. The van der Waals surface area contributed by atoms with Crippen LogP contribution in [0.1, 0.15) is 20.8 Å². The van der Waals surface area contributed by atoms with Gasteiger partial charge in [-0.25, -0.2) is 14.3 Å². The summed E-state index contributed by atoms with van der Waals surface area (Å²) in [7, 11) is 0. The molecule has 0 aromatic carbocycles. The molecule has 0 unspecified atom stereocenters. The highest BCUT2D eigenvalue weighted by Crippen LogP contribution is 2.09. The Labute approximate surface area is 90.4 Å². The first-order valence-electron chi connectivity index (χ1n) is 3.81. The molecule has 0 atom stereocenters. The van der Waals surface area contributed by atoms with Gasteiger partial charge in [0.1, 0.15) is 15.6 Å². The van der Waals surface area contributed by atoms with Gasteiger partial charge < -0.3 is 4.74 Å². The minimum atomic E-state index is -0.465. The molecular weight excluding hydrogens is 283 g/mol. The lowest BCUT2D eigenvalue weighted by molar-refractivity contribution is 0.0536. The van der Waals surface area contributed by atoms with Crippen molar-refractivity contribution in [3.63, 3.8) is 0 Å². The molecule has 0 spiro atoms. The molecule has 0 saturated carbocycles. The number of rotatable bonds is 0. The smallest absolute Gasteiger partial charge is 0.419 e. The lowest BCUT2D eigenvalue weighted by Crippen LogP contribution is -2.26. The molecule has 0 fully saturated rings. The Kier molecular flexibility index (Phi) is 2.94. The Morgan fingerprint density at radius 2 is 2.23 bits per heavy atom. The molecule has 4 nitrogen and oxygen atoms in total. The zero-order chi connectivity index (χ0) is 10.1. The predicted octanol–water partition coefficient (Wildman–Crippen LogP) is 2.27. The molecule has 0 aliphatic rings. The lowest BCUT2D eigenvalue weighted by Gasteiger charge is -2.18. The maximum atomic E-state index is 11.4. The number of nitrogens with zero attached hydrogens (tertiary/aromatic N) is 2. The van der Waals surface area contributed by atoms with Crippen LogP contribution < -0.4 is 0 Å².